The average Bonchev–Trinajstić information content (AvgIpc) is 3.28. The number of para-hydroxylation sites is 1. The lowest BCUT2D eigenvalue weighted by Gasteiger charge is -2.18. The van der Waals surface area contributed by atoms with Crippen molar-refractivity contribution in [2.75, 3.05) is 20.2 Å². The maximum atomic E-state index is 12.4. The highest BCUT2D eigenvalue weighted by molar-refractivity contribution is 9.11. The highest BCUT2D eigenvalue weighted by Crippen LogP contribution is 2.31. The summed E-state index contributed by atoms with van der Waals surface area (Å²) in [5, 5.41) is 3.79. The SMILES string of the molecule is CCOc1cccc2cc(C(C)NC(=O)CN(C)C(=O)c3ccc(Br)s3)oc12. The zero-order valence-electron chi connectivity index (χ0n) is 15.8. The molecule has 0 bridgehead atoms. The first kappa shape index (κ1) is 20.4. The van der Waals surface area contributed by atoms with Gasteiger partial charge in [-0.15, -0.1) is 11.3 Å². The summed E-state index contributed by atoms with van der Waals surface area (Å²) in [5.41, 5.74) is 0.663. The highest BCUT2D eigenvalue weighted by Gasteiger charge is 2.20. The number of hydrogen-bond acceptors (Lipinski definition) is 5. The van der Waals surface area contributed by atoms with E-state index >= 15 is 0 Å². The van der Waals surface area contributed by atoms with Gasteiger partial charge in [-0.3, -0.25) is 9.59 Å². The molecule has 0 aliphatic rings. The van der Waals surface area contributed by atoms with Crippen molar-refractivity contribution in [1.82, 2.24) is 10.2 Å². The molecule has 3 aromatic rings. The number of nitrogens with one attached hydrogen (secondary N) is 1. The van der Waals surface area contributed by atoms with E-state index in [0.717, 1.165) is 9.17 Å². The average molecular weight is 465 g/mol. The van der Waals surface area contributed by atoms with Crippen molar-refractivity contribution >= 4 is 50.1 Å². The van der Waals surface area contributed by atoms with Gasteiger partial charge < -0.3 is 19.4 Å². The van der Waals surface area contributed by atoms with E-state index < -0.39 is 0 Å². The number of halogens is 1. The molecule has 0 fully saturated rings. The largest absolute Gasteiger partial charge is 0.490 e. The summed E-state index contributed by atoms with van der Waals surface area (Å²) in [7, 11) is 1.61. The van der Waals surface area contributed by atoms with Crippen molar-refractivity contribution in [2.45, 2.75) is 19.9 Å². The Bertz CT molecular complexity index is 997. The van der Waals surface area contributed by atoms with Crippen LogP contribution in [0.1, 0.15) is 35.3 Å². The van der Waals surface area contributed by atoms with Gasteiger partial charge >= 0.3 is 0 Å². The first-order valence-electron chi connectivity index (χ1n) is 8.84. The summed E-state index contributed by atoms with van der Waals surface area (Å²) in [6.45, 7) is 4.26. The standard InChI is InChI=1S/C20H21BrN2O4S/c1-4-26-14-7-5-6-13-10-15(27-19(13)14)12(2)22-18(24)11-23(3)20(25)16-8-9-17(21)28-16/h5-10,12H,4,11H2,1-3H3,(H,22,24). The molecule has 28 heavy (non-hydrogen) atoms. The molecule has 2 aromatic heterocycles. The van der Waals surface area contributed by atoms with E-state index in [-0.39, 0.29) is 24.4 Å². The minimum Gasteiger partial charge on any atom is -0.490 e. The Morgan fingerprint density at radius 1 is 1.32 bits per heavy atom. The monoisotopic (exact) mass is 464 g/mol. The molecule has 1 aromatic carbocycles. The Kier molecular flexibility index (Phi) is 6.41. The molecule has 3 rings (SSSR count). The van der Waals surface area contributed by atoms with E-state index in [1.54, 1.807) is 13.1 Å². The minimum absolute atomic E-state index is 0.0386. The molecule has 1 N–H and O–H groups in total. The third kappa shape index (κ3) is 4.56. The van der Waals surface area contributed by atoms with Crippen LogP contribution < -0.4 is 10.1 Å². The second-order valence-electron chi connectivity index (χ2n) is 6.31. The van der Waals surface area contributed by atoms with Crippen LogP contribution in [0, 0.1) is 0 Å². The molecule has 2 amide bonds. The second-order valence-corrected chi connectivity index (χ2v) is 8.77. The molecule has 6 nitrogen and oxygen atoms in total. The van der Waals surface area contributed by atoms with Crippen LogP contribution in [0.2, 0.25) is 0 Å². The fraction of sp³-hybridized carbons (Fsp3) is 0.300. The number of furan rings is 1. The number of fused-ring (bicyclic) bond motifs is 1. The number of hydrogen-bond donors (Lipinski definition) is 1. The lowest BCUT2D eigenvalue weighted by atomic mass is 10.2. The van der Waals surface area contributed by atoms with Crippen molar-refractivity contribution in [2.24, 2.45) is 0 Å². The van der Waals surface area contributed by atoms with Crippen LogP contribution in [0.5, 0.6) is 5.75 Å². The summed E-state index contributed by atoms with van der Waals surface area (Å²) in [6, 6.07) is 10.8. The number of rotatable bonds is 7. The van der Waals surface area contributed by atoms with Crippen molar-refractivity contribution < 1.29 is 18.7 Å². The number of carbonyl (C=O) groups is 2. The predicted molar refractivity (Wildman–Crippen MR) is 113 cm³/mol. The van der Waals surface area contributed by atoms with Crippen molar-refractivity contribution in [3.63, 3.8) is 0 Å². The maximum absolute atomic E-state index is 12.4. The van der Waals surface area contributed by atoms with Gasteiger partial charge in [0, 0.05) is 12.4 Å². The van der Waals surface area contributed by atoms with Crippen molar-refractivity contribution in [1.29, 1.82) is 0 Å². The number of amides is 2. The van der Waals surface area contributed by atoms with E-state index in [2.05, 4.69) is 21.2 Å². The number of likely N-dealkylation sites (N-methyl/N-ethyl adjacent to an activating group) is 1. The van der Waals surface area contributed by atoms with Crippen LogP contribution in [-0.2, 0) is 4.79 Å². The van der Waals surface area contributed by atoms with E-state index in [9.17, 15) is 9.59 Å². The van der Waals surface area contributed by atoms with E-state index in [1.807, 2.05) is 44.2 Å². The van der Waals surface area contributed by atoms with Crippen LogP contribution in [0.3, 0.4) is 0 Å². The molecule has 1 atom stereocenters. The summed E-state index contributed by atoms with van der Waals surface area (Å²) in [6.07, 6.45) is 0. The number of benzene rings is 1. The fourth-order valence-electron chi connectivity index (χ4n) is 2.80. The molecule has 148 valence electrons. The van der Waals surface area contributed by atoms with Gasteiger partial charge in [0.25, 0.3) is 5.91 Å². The van der Waals surface area contributed by atoms with E-state index in [1.165, 1.54) is 16.2 Å². The van der Waals surface area contributed by atoms with Gasteiger partial charge in [0.05, 0.1) is 27.9 Å². The first-order chi connectivity index (χ1) is 13.4. The van der Waals surface area contributed by atoms with Gasteiger partial charge in [-0.1, -0.05) is 12.1 Å². The van der Waals surface area contributed by atoms with E-state index in [4.69, 9.17) is 9.15 Å². The molecule has 2 heterocycles. The van der Waals surface area contributed by atoms with Crippen molar-refractivity contribution in [3.05, 3.63) is 50.8 Å². The normalized spacial score (nSPS) is 12.0. The Morgan fingerprint density at radius 3 is 2.79 bits per heavy atom. The molecule has 0 saturated heterocycles. The lowest BCUT2D eigenvalue weighted by Crippen LogP contribution is -2.39. The Balaban J connectivity index is 1.64. The molecule has 1 unspecified atom stereocenters. The molecule has 0 radical (unpaired) electrons. The van der Waals surface area contributed by atoms with Crippen LogP contribution in [0.15, 0.2) is 44.6 Å². The van der Waals surface area contributed by atoms with Crippen LogP contribution in [-0.4, -0.2) is 36.9 Å². The van der Waals surface area contributed by atoms with Gasteiger partial charge in [-0.2, -0.15) is 0 Å². The van der Waals surface area contributed by atoms with Crippen LogP contribution >= 0.6 is 27.3 Å². The number of thiophene rings is 1. The topological polar surface area (TPSA) is 71.8 Å². The van der Waals surface area contributed by atoms with Gasteiger partial charge in [-0.05, 0) is 54.0 Å². The summed E-state index contributed by atoms with van der Waals surface area (Å²) >= 11 is 4.67. The second kappa shape index (κ2) is 8.79. The summed E-state index contributed by atoms with van der Waals surface area (Å²) in [5.74, 6) is 0.858. The predicted octanol–water partition coefficient (Wildman–Crippen LogP) is 4.60. The molecule has 0 aliphatic carbocycles. The maximum Gasteiger partial charge on any atom is 0.264 e. The smallest absolute Gasteiger partial charge is 0.264 e. The number of carbonyl (C=O) groups excluding carboxylic acids is 2. The van der Waals surface area contributed by atoms with Crippen molar-refractivity contribution in [3.8, 4) is 5.75 Å². The first-order valence-corrected chi connectivity index (χ1v) is 10.5. The lowest BCUT2D eigenvalue weighted by molar-refractivity contribution is -0.122. The molecule has 8 heteroatoms. The van der Waals surface area contributed by atoms with E-state index in [0.29, 0.717) is 28.6 Å². The molecule has 0 spiro atoms. The summed E-state index contributed by atoms with van der Waals surface area (Å²) < 4.78 is 12.4. The molecule has 0 saturated carbocycles. The number of nitrogens with zero attached hydrogens (tertiary/aromatic N) is 1. The molecular weight excluding hydrogens is 444 g/mol. The Morgan fingerprint density at radius 2 is 2.11 bits per heavy atom. The van der Waals surface area contributed by atoms with Gasteiger partial charge in [0.2, 0.25) is 5.91 Å². The zero-order valence-corrected chi connectivity index (χ0v) is 18.2. The summed E-state index contributed by atoms with van der Waals surface area (Å²) in [4.78, 5) is 26.7. The Hall–Kier alpha value is -2.32. The highest BCUT2D eigenvalue weighted by atomic mass is 79.9. The van der Waals surface area contributed by atoms with Gasteiger partial charge in [0.15, 0.2) is 11.3 Å². The fourth-order valence-corrected chi connectivity index (χ4v) is 4.18. The van der Waals surface area contributed by atoms with Gasteiger partial charge in [0.1, 0.15) is 5.76 Å². The number of ether oxygens (including phenoxy) is 1. The zero-order chi connectivity index (χ0) is 20.3. The molecule has 0 aliphatic heterocycles. The Labute approximate surface area is 175 Å². The minimum atomic E-state index is -0.339. The molecular formula is C20H21BrN2O4S. The third-order valence-electron chi connectivity index (χ3n) is 4.14. The van der Waals surface area contributed by atoms with Gasteiger partial charge in [-0.25, -0.2) is 0 Å². The van der Waals surface area contributed by atoms with Crippen LogP contribution in [0.4, 0.5) is 0 Å². The quantitative estimate of drug-likeness (QED) is 0.554. The van der Waals surface area contributed by atoms with Crippen LogP contribution in [0.25, 0.3) is 11.0 Å². The third-order valence-corrected chi connectivity index (χ3v) is 5.75.